The van der Waals surface area contributed by atoms with E-state index < -0.39 is 6.10 Å². The first kappa shape index (κ1) is 15.0. The summed E-state index contributed by atoms with van der Waals surface area (Å²) >= 11 is 3.46. The van der Waals surface area contributed by atoms with Gasteiger partial charge in [0.1, 0.15) is 5.82 Å². The lowest BCUT2D eigenvalue weighted by Gasteiger charge is -2.21. The summed E-state index contributed by atoms with van der Waals surface area (Å²) in [5.41, 5.74) is 2.46. The van der Waals surface area contributed by atoms with Crippen LogP contribution in [0.5, 0.6) is 0 Å². The summed E-state index contributed by atoms with van der Waals surface area (Å²) in [6.45, 7) is 2.22. The highest BCUT2D eigenvalue weighted by Crippen LogP contribution is 2.28. The van der Waals surface area contributed by atoms with Gasteiger partial charge < -0.3 is 10.0 Å². The van der Waals surface area contributed by atoms with Gasteiger partial charge in [0.05, 0.1) is 6.10 Å². The summed E-state index contributed by atoms with van der Waals surface area (Å²) in [7, 11) is 1.91. The van der Waals surface area contributed by atoms with Gasteiger partial charge in [0.15, 0.2) is 0 Å². The Morgan fingerprint density at radius 3 is 2.55 bits per heavy atom. The zero-order chi connectivity index (χ0) is 14.7. The van der Waals surface area contributed by atoms with Crippen LogP contribution >= 0.6 is 15.9 Å². The standard InChI is InChI=1S/C16H17BrFNO/c1-11(20)14-8-7-13(9-15(14)17)19(2)10-12-5-3-4-6-16(12)18/h3-9,11,20H,10H2,1-2H3/t11-/m0/s1. The molecule has 0 amide bonds. The number of anilines is 1. The molecule has 0 saturated heterocycles. The first-order valence-corrected chi connectivity index (χ1v) is 7.20. The summed E-state index contributed by atoms with van der Waals surface area (Å²) in [5.74, 6) is -0.195. The average Bonchev–Trinajstić information content (AvgIpc) is 2.40. The lowest BCUT2D eigenvalue weighted by Crippen LogP contribution is -2.17. The maximum Gasteiger partial charge on any atom is 0.128 e. The number of hydrogen-bond donors (Lipinski definition) is 1. The van der Waals surface area contributed by atoms with Crippen LogP contribution in [0.4, 0.5) is 10.1 Å². The second-order valence-corrected chi connectivity index (χ2v) is 5.68. The number of halogens is 2. The molecule has 0 radical (unpaired) electrons. The lowest BCUT2D eigenvalue weighted by atomic mass is 10.1. The molecule has 4 heteroatoms. The smallest absolute Gasteiger partial charge is 0.128 e. The monoisotopic (exact) mass is 337 g/mol. The van der Waals surface area contributed by atoms with Gasteiger partial charge in [-0.15, -0.1) is 0 Å². The Morgan fingerprint density at radius 2 is 1.95 bits per heavy atom. The molecule has 0 aromatic heterocycles. The highest BCUT2D eigenvalue weighted by molar-refractivity contribution is 9.10. The van der Waals surface area contributed by atoms with E-state index in [4.69, 9.17) is 0 Å². The predicted molar refractivity (Wildman–Crippen MR) is 83.3 cm³/mol. The molecule has 0 fully saturated rings. The molecular weight excluding hydrogens is 321 g/mol. The molecule has 0 unspecified atom stereocenters. The van der Waals surface area contributed by atoms with E-state index in [-0.39, 0.29) is 5.82 Å². The maximum absolute atomic E-state index is 13.6. The topological polar surface area (TPSA) is 23.5 Å². The molecule has 2 rings (SSSR count). The summed E-state index contributed by atoms with van der Waals surface area (Å²) in [4.78, 5) is 1.97. The highest BCUT2D eigenvalue weighted by Gasteiger charge is 2.10. The molecule has 106 valence electrons. The van der Waals surface area contributed by atoms with E-state index in [2.05, 4.69) is 15.9 Å². The third kappa shape index (κ3) is 3.38. The van der Waals surface area contributed by atoms with Gasteiger partial charge in [-0.3, -0.25) is 0 Å². The van der Waals surface area contributed by atoms with Crippen LogP contribution in [-0.4, -0.2) is 12.2 Å². The molecule has 2 nitrogen and oxygen atoms in total. The molecule has 0 spiro atoms. The molecule has 2 aromatic carbocycles. The Balaban J connectivity index is 2.20. The fraction of sp³-hybridized carbons (Fsp3) is 0.250. The Bertz CT molecular complexity index is 601. The Morgan fingerprint density at radius 1 is 1.25 bits per heavy atom. The minimum Gasteiger partial charge on any atom is -0.389 e. The van der Waals surface area contributed by atoms with Crippen molar-refractivity contribution < 1.29 is 9.50 Å². The van der Waals surface area contributed by atoms with Gasteiger partial charge in [-0.2, -0.15) is 0 Å². The van der Waals surface area contributed by atoms with Crippen molar-refractivity contribution in [2.24, 2.45) is 0 Å². The van der Waals surface area contributed by atoms with Crippen LogP contribution in [0.2, 0.25) is 0 Å². The van der Waals surface area contributed by atoms with Crippen LogP contribution < -0.4 is 4.90 Å². The third-order valence-electron chi connectivity index (χ3n) is 3.24. The molecule has 1 atom stereocenters. The molecule has 0 aliphatic rings. The predicted octanol–water partition coefficient (Wildman–Crippen LogP) is 4.28. The minimum absolute atomic E-state index is 0.195. The van der Waals surface area contributed by atoms with Gasteiger partial charge in [0, 0.05) is 29.3 Å². The summed E-state index contributed by atoms with van der Waals surface area (Å²) < 4.78 is 14.5. The average molecular weight is 338 g/mol. The van der Waals surface area contributed by atoms with E-state index in [1.807, 2.05) is 36.2 Å². The first-order chi connectivity index (χ1) is 9.49. The van der Waals surface area contributed by atoms with Gasteiger partial charge in [-0.25, -0.2) is 4.39 Å². The van der Waals surface area contributed by atoms with Crippen LogP contribution in [-0.2, 0) is 6.54 Å². The van der Waals surface area contributed by atoms with Crippen LogP contribution in [0, 0.1) is 5.82 Å². The summed E-state index contributed by atoms with van der Waals surface area (Å²) in [6, 6.07) is 12.5. The largest absolute Gasteiger partial charge is 0.389 e. The van der Waals surface area contributed by atoms with Crippen molar-refractivity contribution in [3.05, 3.63) is 63.9 Å². The van der Waals surface area contributed by atoms with E-state index in [1.54, 1.807) is 19.1 Å². The Hall–Kier alpha value is -1.39. The second-order valence-electron chi connectivity index (χ2n) is 4.83. The summed E-state index contributed by atoms with van der Waals surface area (Å²) in [5, 5.41) is 9.61. The van der Waals surface area contributed by atoms with Crippen molar-refractivity contribution in [2.45, 2.75) is 19.6 Å². The minimum atomic E-state index is -0.518. The van der Waals surface area contributed by atoms with Crippen LogP contribution in [0.25, 0.3) is 0 Å². The van der Waals surface area contributed by atoms with E-state index in [1.165, 1.54) is 6.07 Å². The number of benzene rings is 2. The first-order valence-electron chi connectivity index (χ1n) is 6.41. The number of nitrogens with zero attached hydrogens (tertiary/aromatic N) is 1. The van der Waals surface area contributed by atoms with Crippen molar-refractivity contribution in [3.63, 3.8) is 0 Å². The maximum atomic E-state index is 13.6. The van der Waals surface area contributed by atoms with Gasteiger partial charge in [0.2, 0.25) is 0 Å². The summed E-state index contributed by atoms with van der Waals surface area (Å²) in [6.07, 6.45) is -0.518. The Kier molecular flexibility index (Phi) is 4.78. The molecule has 0 aliphatic carbocycles. The van der Waals surface area contributed by atoms with Gasteiger partial charge in [-0.1, -0.05) is 40.2 Å². The number of hydrogen-bond acceptors (Lipinski definition) is 2. The molecule has 0 heterocycles. The quantitative estimate of drug-likeness (QED) is 0.900. The van der Waals surface area contributed by atoms with E-state index >= 15 is 0 Å². The third-order valence-corrected chi connectivity index (χ3v) is 3.93. The Labute approximate surface area is 127 Å². The highest BCUT2D eigenvalue weighted by atomic mass is 79.9. The van der Waals surface area contributed by atoms with Crippen molar-refractivity contribution >= 4 is 21.6 Å². The number of aliphatic hydroxyl groups excluding tert-OH is 1. The SMILES string of the molecule is C[C@H](O)c1ccc(N(C)Cc2ccccc2F)cc1Br. The zero-order valence-electron chi connectivity index (χ0n) is 11.5. The fourth-order valence-corrected chi connectivity index (χ4v) is 2.76. The van der Waals surface area contributed by atoms with E-state index in [0.29, 0.717) is 12.1 Å². The molecule has 0 saturated carbocycles. The number of rotatable bonds is 4. The zero-order valence-corrected chi connectivity index (χ0v) is 13.1. The van der Waals surface area contributed by atoms with Crippen LogP contribution in [0.15, 0.2) is 46.9 Å². The normalized spacial score (nSPS) is 12.2. The number of aliphatic hydroxyl groups is 1. The van der Waals surface area contributed by atoms with Crippen molar-refractivity contribution in [3.8, 4) is 0 Å². The van der Waals surface area contributed by atoms with Crippen molar-refractivity contribution in [2.75, 3.05) is 11.9 Å². The molecule has 0 aliphatic heterocycles. The van der Waals surface area contributed by atoms with Gasteiger partial charge in [0.25, 0.3) is 0 Å². The fourth-order valence-electron chi connectivity index (χ4n) is 2.07. The van der Waals surface area contributed by atoms with Gasteiger partial charge >= 0.3 is 0 Å². The van der Waals surface area contributed by atoms with Crippen molar-refractivity contribution in [1.82, 2.24) is 0 Å². The lowest BCUT2D eigenvalue weighted by molar-refractivity contribution is 0.198. The molecule has 20 heavy (non-hydrogen) atoms. The second kappa shape index (κ2) is 6.37. The molecule has 2 aromatic rings. The molecule has 0 bridgehead atoms. The van der Waals surface area contributed by atoms with Crippen LogP contribution in [0.3, 0.4) is 0 Å². The van der Waals surface area contributed by atoms with Gasteiger partial charge in [-0.05, 0) is 30.7 Å². The van der Waals surface area contributed by atoms with Crippen molar-refractivity contribution in [1.29, 1.82) is 0 Å². The van der Waals surface area contributed by atoms with E-state index in [9.17, 15) is 9.50 Å². The molecule has 1 N–H and O–H groups in total. The van der Waals surface area contributed by atoms with Crippen LogP contribution in [0.1, 0.15) is 24.2 Å². The van der Waals surface area contributed by atoms with E-state index in [0.717, 1.165) is 15.7 Å². The molecular formula is C16H17BrFNO.